The van der Waals surface area contributed by atoms with Crippen molar-refractivity contribution in [3.05, 3.63) is 70.8 Å². The molecule has 0 fully saturated rings. The Bertz CT molecular complexity index is 780. The van der Waals surface area contributed by atoms with Crippen LogP contribution in [0.1, 0.15) is 5.82 Å². The van der Waals surface area contributed by atoms with Crippen LogP contribution < -0.4 is 5.32 Å². The Morgan fingerprint density at radius 2 is 1.77 bits per heavy atom. The number of aromatic nitrogens is 4. The minimum absolute atomic E-state index is 0.300. The molecule has 0 spiro atoms. The fourth-order valence-electron chi connectivity index (χ4n) is 1.82. The second-order valence-electron chi connectivity index (χ2n) is 4.41. The average molecular weight is 360 g/mol. The smallest absolute Gasteiger partial charge is 0.181 e. The molecule has 1 aromatic heterocycles. The van der Waals surface area contributed by atoms with E-state index in [9.17, 15) is 4.39 Å². The summed E-state index contributed by atoms with van der Waals surface area (Å²) in [6.07, 6.45) is 3.49. The standard InChI is InChI=1S/C15H11BrFN5/c16-11-1-5-13(6-2-11)18-10-9-15-19-20-21-22(15)14-7-3-12(17)4-8-14/h1-10,18H/b10-9+. The number of tetrazole rings is 1. The Hall–Kier alpha value is -2.54. The van der Waals surface area contributed by atoms with Crippen LogP contribution in [0.3, 0.4) is 0 Å². The summed E-state index contributed by atoms with van der Waals surface area (Å²) < 4.78 is 15.5. The monoisotopic (exact) mass is 359 g/mol. The minimum atomic E-state index is -0.300. The molecule has 7 heteroatoms. The number of hydrogen-bond donors (Lipinski definition) is 1. The largest absolute Gasteiger partial charge is 0.362 e. The van der Waals surface area contributed by atoms with Gasteiger partial charge in [-0.3, -0.25) is 0 Å². The zero-order valence-electron chi connectivity index (χ0n) is 11.3. The Morgan fingerprint density at radius 1 is 1.05 bits per heavy atom. The summed E-state index contributed by atoms with van der Waals surface area (Å²) in [6.45, 7) is 0. The molecule has 0 radical (unpaired) electrons. The molecule has 110 valence electrons. The molecule has 5 nitrogen and oxygen atoms in total. The molecule has 0 aliphatic heterocycles. The highest BCUT2D eigenvalue weighted by molar-refractivity contribution is 9.10. The van der Waals surface area contributed by atoms with E-state index in [1.165, 1.54) is 16.8 Å². The second-order valence-corrected chi connectivity index (χ2v) is 5.33. The third-order valence-electron chi connectivity index (χ3n) is 2.89. The van der Waals surface area contributed by atoms with Crippen molar-refractivity contribution in [3.8, 4) is 5.69 Å². The summed E-state index contributed by atoms with van der Waals surface area (Å²) >= 11 is 3.38. The number of nitrogens with zero attached hydrogens (tertiary/aromatic N) is 4. The number of nitrogens with one attached hydrogen (secondary N) is 1. The summed E-state index contributed by atoms with van der Waals surface area (Å²) in [5.74, 6) is 0.238. The van der Waals surface area contributed by atoms with Crippen molar-refractivity contribution in [2.75, 3.05) is 5.32 Å². The molecule has 0 saturated carbocycles. The Morgan fingerprint density at radius 3 is 2.50 bits per heavy atom. The van der Waals surface area contributed by atoms with E-state index < -0.39 is 0 Å². The van der Waals surface area contributed by atoms with Crippen LogP contribution in [0.4, 0.5) is 10.1 Å². The van der Waals surface area contributed by atoms with E-state index in [0.29, 0.717) is 11.5 Å². The molecule has 0 bridgehead atoms. The minimum Gasteiger partial charge on any atom is -0.362 e. The van der Waals surface area contributed by atoms with E-state index in [2.05, 4.69) is 36.8 Å². The molecule has 3 aromatic rings. The molecule has 0 aliphatic rings. The molecule has 1 heterocycles. The van der Waals surface area contributed by atoms with Gasteiger partial charge in [-0.2, -0.15) is 4.68 Å². The third kappa shape index (κ3) is 3.37. The maximum atomic E-state index is 13.0. The SMILES string of the molecule is Fc1ccc(-n2nnnc2/C=C/Nc2ccc(Br)cc2)cc1. The number of benzene rings is 2. The molecule has 0 atom stereocenters. The number of hydrogen-bond acceptors (Lipinski definition) is 4. The number of halogens is 2. The van der Waals surface area contributed by atoms with Crippen LogP contribution in [0.25, 0.3) is 11.8 Å². The van der Waals surface area contributed by atoms with E-state index in [-0.39, 0.29) is 5.82 Å². The van der Waals surface area contributed by atoms with Crippen LogP contribution in [0.5, 0.6) is 0 Å². The van der Waals surface area contributed by atoms with Gasteiger partial charge in [0.2, 0.25) is 0 Å². The summed E-state index contributed by atoms with van der Waals surface area (Å²) in [6, 6.07) is 13.7. The molecule has 0 saturated heterocycles. The van der Waals surface area contributed by atoms with Gasteiger partial charge in [-0.25, -0.2) is 4.39 Å². The summed E-state index contributed by atoms with van der Waals surface area (Å²) in [7, 11) is 0. The molecule has 0 unspecified atom stereocenters. The van der Waals surface area contributed by atoms with E-state index in [1.54, 1.807) is 24.4 Å². The van der Waals surface area contributed by atoms with Gasteiger partial charge in [0, 0.05) is 22.4 Å². The van der Waals surface area contributed by atoms with Gasteiger partial charge in [0.15, 0.2) is 5.82 Å². The first kappa shape index (κ1) is 14.4. The van der Waals surface area contributed by atoms with E-state index in [0.717, 1.165) is 10.2 Å². The van der Waals surface area contributed by atoms with Crippen molar-refractivity contribution < 1.29 is 4.39 Å². The van der Waals surface area contributed by atoms with Gasteiger partial charge >= 0.3 is 0 Å². The fraction of sp³-hybridized carbons (Fsp3) is 0. The molecule has 1 N–H and O–H groups in total. The van der Waals surface area contributed by atoms with Gasteiger partial charge in [-0.1, -0.05) is 15.9 Å². The van der Waals surface area contributed by atoms with Gasteiger partial charge in [0.1, 0.15) is 5.82 Å². The zero-order valence-corrected chi connectivity index (χ0v) is 12.9. The first-order chi connectivity index (χ1) is 10.7. The topological polar surface area (TPSA) is 55.6 Å². The Balaban J connectivity index is 1.76. The highest BCUT2D eigenvalue weighted by atomic mass is 79.9. The van der Waals surface area contributed by atoms with Crippen molar-refractivity contribution in [2.24, 2.45) is 0 Å². The van der Waals surface area contributed by atoms with Crippen molar-refractivity contribution in [2.45, 2.75) is 0 Å². The Labute approximate surface area is 134 Å². The predicted octanol–water partition coefficient (Wildman–Crippen LogP) is 3.65. The average Bonchev–Trinajstić information content (AvgIpc) is 2.98. The predicted molar refractivity (Wildman–Crippen MR) is 85.9 cm³/mol. The maximum absolute atomic E-state index is 13.0. The normalized spacial score (nSPS) is 11.0. The zero-order chi connectivity index (χ0) is 15.4. The van der Waals surface area contributed by atoms with Crippen molar-refractivity contribution in [1.29, 1.82) is 0 Å². The highest BCUT2D eigenvalue weighted by Crippen LogP contribution is 2.14. The molecular formula is C15H11BrFN5. The second kappa shape index (κ2) is 6.48. The highest BCUT2D eigenvalue weighted by Gasteiger charge is 2.05. The van der Waals surface area contributed by atoms with Crippen LogP contribution in [-0.2, 0) is 0 Å². The quantitative estimate of drug-likeness (QED) is 0.772. The molecule has 2 aromatic carbocycles. The summed E-state index contributed by atoms with van der Waals surface area (Å²) in [4.78, 5) is 0. The van der Waals surface area contributed by atoms with Crippen molar-refractivity contribution >= 4 is 27.7 Å². The first-order valence-corrected chi connectivity index (χ1v) is 7.25. The molecule has 0 aliphatic carbocycles. The van der Waals surface area contributed by atoms with Crippen LogP contribution in [0.15, 0.2) is 59.2 Å². The fourth-order valence-corrected chi connectivity index (χ4v) is 2.09. The third-order valence-corrected chi connectivity index (χ3v) is 3.42. The van der Waals surface area contributed by atoms with Gasteiger partial charge in [0.25, 0.3) is 0 Å². The molecule has 3 rings (SSSR count). The van der Waals surface area contributed by atoms with Crippen molar-refractivity contribution in [1.82, 2.24) is 20.2 Å². The first-order valence-electron chi connectivity index (χ1n) is 6.45. The number of anilines is 1. The maximum Gasteiger partial charge on any atom is 0.181 e. The lowest BCUT2D eigenvalue weighted by atomic mass is 10.3. The van der Waals surface area contributed by atoms with Gasteiger partial charge in [-0.05, 0) is 59.0 Å². The number of rotatable bonds is 4. The summed E-state index contributed by atoms with van der Waals surface area (Å²) in [5, 5.41) is 14.6. The van der Waals surface area contributed by atoms with Crippen molar-refractivity contribution in [3.63, 3.8) is 0 Å². The Kier molecular flexibility index (Phi) is 4.24. The van der Waals surface area contributed by atoms with Crippen LogP contribution in [0.2, 0.25) is 0 Å². The van der Waals surface area contributed by atoms with E-state index >= 15 is 0 Å². The van der Waals surface area contributed by atoms with E-state index in [1.807, 2.05) is 24.3 Å². The van der Waals surface area contributed by atoms with Gasteiger partial charge in [-0.15, -0.1) is 5.10 Å². The summed E-state index contributed by atoms with van der Waals surface area (Å²) in [5.41, 5.74) is 1.63. The lowest BCUT2D eigenvalue weighted by Crippen LogP contribution is -2.00. The van der Waals surface area contributed by atoms with Crippen LogP contribution >= 0.6 is 15.9 Å². The van der Waals surface area contributed by atoms with Gasteiger partial charge < -0.3 is 5.32 Å². The lowest BCUT2D eigenvalue weighted by Gasteiger charge is -2.02. The molecular weight excluding hydrogens is 349 g/mol. The molecule has 22 heavy (non-hydrogen) atoms. The molecule has 0 amide bonds. The van der Waals surface area contributed by atoms with Crippen LogP contribution in [0, 0.1) is 5.82 Å². The van der Waals surface area contributed by atoms with E-state index in [4.69, 9.17) is 0 Å². The van der Waals surface area contributed by atoms with Gasteiger partial charge in [0.05, 0.1) is 5.69 Å². The lowest BCUT2D eigenvalue weighted by molar-refractivity contribution is 0.626. The van der Waals surface area contributed by atoms with Crippen LogP contribution in [-0.4, -0.2) is 20.2 Å².